The Balaban J connectivity index is 1.83. The Hall–Kier alpha value is -3.42. The highest BCUT2D eigenvalue weighted by molar-refractivity contribution is 7.15. The minimum atomic E-state index is -0.783. The van der Waals surface area contributed by atoms with Crippen molar-refractivity contribution >= 4 is 34.6 Å². The number of carbonyl (C=O) groups is 2. The van der Waals surface area contributed by atoms with Crippen LogP contribution in [0, 0.1) is 22.0 Å². The van der Waals surface area contributed by atoms with Crippen LogP contribution in [0.25, 0.3) is 0 Å². The number of nitrogens with zero attached hydrogens (tertiary/aromatic N) is 1. The van der Waals surface area contributed by atoms with Gasteiger partial charge >= 0.3 is 6.03 Å². The Morgan fingerprint density at radius 3 is 2.83 bits per heavy atom. The summed E-state index contributed by atoms with van der Waals surface area (Å²) in [5.41, 5.74) is 5.91. The quantitative estimate of drug-likeness (QED) is 0.345. The molecule has 0 saturated carbocycles. The van der Waals surface area contributed by atoms with Crippen molar-refractivity contribution in [1.29, 1.82) is 0 Å². The van der Waals surface area contributed by atoms with Gasteiger partial charge in [-0.05, 0) is 31.5 Å². The van der Waals surface area contributed by atoms with Gasteiger partial charge in [-0.3, -0.25) is 14.9 Å². The first-order valence-corrected chi connectivity index (χ1v) is 9.72. The highest BCUT2D eigenvalue weighted by atomic mass is 32.1. The largest absolute Gasteiger partial charge is 0.351 e. The minimum Gasteiger partial charge on any atom is -0.351 e. The van der Waals surface area contributed by atoms with Gasteiger partial charge in [0.25, 0.3) is 11.6 Å². The number of carbonyl (C=O) groups excluding carboxylic acids is 2. The smallest absolute Gasteiger partial charge is 0.316 e. The average molecular weight is 413 g/mol. The molecule has 0 spiro atoms. The molecular formula is C19H19N5O4S. The van der Waals surface area contributed by atoms with Gasteiger partial charge < -0.3 is 21.7 Å². The number of rotatable bonds is 4. The number of thiophene rings is 1. The van der Waals surface area contributed by atoms with E-state index in [0.717, 1.165) is 30.7 Å². The zero-order valence-corrected chi connectivity index (χ0v) is 16.2. The van der Waals surface area contributed by atoms with Gasteiger partial charge in [-0.1, -0.05) is 17.9 Å². The predicted molar refractivity (Wildman–Crippen MR) is 110 cm³/mol. The molecule has 3 rings (SSSR count). The van der Waals surface area contributed by atoms with Gasteiger partial charge in [0, 0.05) is 30.3 Å². The third-order valence-electron chi connectivity index (χ3n) is 4.22. The average Bonchev–Trinajstić information content (AvgIpc) is 3.09. The van der Waals surface area contributed by atoms with Crippen molar-refractivity contribution in [2.45, 2.75) is 18.9 Å². The highest BCUT2D eigenvalue weighted by Crippen LogP contribution is 2.27. The number of nitro groups is 1. The lowest BCUT2D eigenvalue weighted by molar-refractivity contribution is -0.384. The third kappa shape index (κ3) is 5.54. The third-order valence-corrected chi connectivity index (χ3v) is 5.26. The summed E-state index contributed by atoms with van der Waals surface area (Å²) in [6.45, 7) is 1.62. The first-order valence-electron chi connectivity index (χ1n) is 8.90. The van der Waals surface area contributed by atoms with Crippen LogP contribution in [0.15, 0.2) is 30.3 Å². The summed E-state index contributed by atoms with van der Waals surface area (Å²) in [5, 5.41) is 19.5. The number of piperidine rings is 1. The Kier molecular flexibility index (Phi) is 6.43. The standard InChI is InChI=1S/C19H19N5O4S/c20-19(26)23-16-10-15(7-6-12-3-1-5-14(9-12)24(27)28)29-17(16)18(25)22-13-4-2-8-21-11-13/h1,3,5,9-10,13,21H,2,4,8,11H2,(H,22,25)(H3,20,23,26). The van der Waals surface area contributed by atoms with Gasteiger partial charge in [0.1, 0.15) is 4.88 Å². The Morgan fingerprint density at radius 2 is 2.14 bits per heavy atom. The van der Waals surface area contributed by atoms with Crippen LogP contribution < -0.4 is 21.7 Å². The van der Waals surface area contributed by atoms with E-state index in [0.29, 0.717) is 21.9 Å². The van der Waals surface area contributed by atoms with E-state index >= 15 is 0 Å². The summed E-state index contributed by atoms with van der Waals surface area (Å²) >= 11 is 1.12. The number of benzene rings is 1. The number of hydrogen-bond donors (Lipinski definition) is 4. The van der Waals surface area contributed by atoms with E-state index in [2.05, 4.69) is 27.8 Å². The Labute approximate surface area is 170 Å². The fourth-order valence-corrected chi connectivity index (χ4v) is 3.77. The summed E-state index contributed by atoms with van der Waals surface area (Å²) in [4.78, 5) is 35.2. The number of anilines is 1. The maximum atomic E-state index is 12.7. The molecule has 1 aromatic heterocycles. The second-order valence-corrected chi connectivity index (χ2v) is 7.47. The molecule has 0 radical (unpaired) electrons. The van der Waals surface area contributed by atoms with Crippen LogP contribution in [-0.4, -0.2) is 36.0 Å². The van der Waals surface area contributed by atoms with Gasteiger partial charge in [0.05, 0.1) is 15.5 Å². The van der Waals surface area contributed by atoms with Gasteiger partial charge in [-0.2, -0.15) is 0 Å². The molecule has 150 valence electrons. The van der Waals surface area contributed by atoms with Gasteiger partial charge in [-0.15, -0.1) is 11.3 Å². The van der Waals surface area contributed by atoms with E-state index < -0.39 is 11.0 Å². The second-order valence-electron chi connectivity index (χ2n) is 6.42. The number of hydrogen-bond acceptors (Lipinski definition) is 6. The van der Waals surface area contributed by atoms with E-state index in [1.54, 1.807) is 18.2 Å². The Morgan fingerprint density at radius 1 is 1.31 bits per heavy atom. The molecule has 9 nitrogen and oxygen atoms in total. The zero-order chi connectivity index (χ0) is 20.8. The van der Waals surface area contributed by atoms with E-state index in [4.69, 9.17) is 5.73 Å². The Bertz CT molecular complexity index is 1000. The van der Waals surface area contributed by atoms with Crippen LogP contribution >= 0.6 is 11.3 Å². The second kappa shape index (κ2) is 9.18. The first kappa shape index (κ1) is 20.3. The van der Waals surface area contributed by atoms with Crippen LogP contribution in [0.3, 0.4) is 0 Å². The molecule has 5 N–H and O–H groups in total. The van der Waals surface area contributed by atoms with Crippen molar-refractivity contribution in [2.24, 2.45) is 5.73 Å². The molecule has 29 heavy (non-hydrogen) atoms. The number of nitrogens with one attached hydrogen (secondary N) is 3. The highest BCUT2D eigenvalue weighted by Gasteiger charge is 2.21. The summed E-state index contributed by atoms with van der Waals surface area (Å²) < 4.78 is 0. The summed E-state index contributed by atoms with van der Waals surface area (Å²) in [6, 6.07) is 6.75. The van der Waals surface area contributed by atoms with Gasteiger partial charge in [0.15, 0.2) is 0 Å². The lowest BCUT2D eigenvalue weighted by Crippen LogP contribution is -2.45. The van der Waals surface area contributed by atoms with E-state index in [1.165, 1.54) is 12.1 Å². The SMILES string of the molecule is NC(=O)Nc1cc(C#Cc2cccc([N+](=O)[O-])c2)sc1C(=O)NC1CCCNC1. The van der Waals surface area contributed by atoms with E-state index in [1.807, 2.05) is 0 Å². The van der Waals surface area contributed by atoms with Gasteiger partial charge in [0.2, 0.25) is 0 Å². The van der Waals surface area contributed by atoms with Crippen LogP contribution in [0.2, 0.25) is 0 Å². The number of nitrogens with two attached hydrogens (primary N) is 1. The number of non-ortho nitro benzene ring substituents is 1. The van der Waals surface area contributed by atoms with Crippen molar-refractivity contribution < 1.29 is 14.5 Å². The molecule has 1 unspecified atom stereocenters. The first-order chi connectivity index (χ1) is 13.9. The maximum absolute atomic E-state index is 12.7. The zero-order valence-electron chi connectivity index (χ0n) is 15.4. The molecule has 1 saturated heterocycles. The summed E-state index contributed by atoms with van der Waals surface area (Å²) in [7, 11) is 0. The van der Waals surface area contributed by atoms with Crippen molar-refractivity contribution in [3.8, 4) is 11.8 Å². The number of primary amides is 1. The van der Waals surface area contributed by atoms with Crippen molar-refractivity contribution in [2.75, 3.05) is 18.4 Å². The fraction of sp³-hybridized carbons (Fsp3) is 0.263. The van der Waals surface area contributed by atoms with E-state index in [9.17, 15) is 19.7 Å². The molecule has 0 aliphatic carbocycles. The van der Waals surface area contributed by atoms with Crippen LogP contribution in [0.5, 0.6) is 0 Å². The molecule has 0 bridgehead atoms. The van der Waals surface area contributed by atoms with Crippen molar-refractivity contribution in [1.82, 2.24) is 10.6 Å². The molecule has 1 aliphatic rings. The normalized spacial score (nSPS) is 15.7. The molecule has 10 heteroatoms. The molecule has 3 amide bonds. The van der Waals surface area contributed by atoms with Crippen LogP contribution in [0.1, 0.15) is 33.0 Å². The topological polar surface area (TPSA) is 139 Å². The molecule has 1 fully saturated rings. The molecule has 1 aromatic carbocycles. The molecule has 1 atom stereocenters. The maximum Gasteiger partial charge on any atom is 0.316 e. The van der Waals surface area contributed by atoms with Crippen molar-refractivity contribution in [3.63, 3.8) is 0 Å². The van der Waals surface area contributed by atoms with E-state index in [-0.39, 0.29) is 23.3 Å². The van der Waals surface area contributed by atoms with Crippen LogP contribution in [0.4, 0.5) is 16.2 Å². The van der Waals surface area contributed by atoms with Crippen LogP contribution in [-0.2, 0) is 0 Å². The molecule has 2 heterocycles. The molecular weight excluding hydrogens is 394 g/mol. The number of amides is 3. The number of urea groups is 1. The minimum absolute atomic E-state index is 0.0131. The number of nitro benzene ring substituents is 1. The lowest BCUT2D eigenvalue weighted by atomic mass is 10.1. The molecule has 2 aromatic rings. The fourth-order valence-electron chi connectivity index (χ4n) is 2.90. The lowest BCUT2D eigenvalue weighted by Gasteiger charge is -2.23. The van der Waals surface area contributed by atoms with Crippen molar-refractivity contribution in [3.05, 3.63) is 55.8 Å². The molecule has 1 aliphatic heterocycles. The summed E-state index contributed by atoms with van der Waals surface area (Å²) in [6.07, 6.45) is 1.85. The summed E-state index contributed by atoms with van der Waals surface area (Å²) in [5.74, 6) is 5.41. The van der Waals surface area contributed by atoms with Gasteiger partial charge in [-0.25, -0.2) is 4.79 Å². The predicted octanol–water partition coefficient (Wildman–Crippen LogP) is 2.03. The monoisotopic (exact) mass is 413 g/mol.